The van der Waals surface area contributed by atoms with Gasteiger partial charge in [0.05, 0.1) is 24.2 Å². The van der Waals surface area contributed by atoms with Crippen molar-refractivity contribution in [2.75, 3.05) is 13.7 Å². The molecule has 1 aliphatic rings. The molecule has 1 N–H and O–H groups in total. The molecule has 4 nitrogen and oxygen atoms in total. The van der Waals surface area contributed by atoms with Gasteiger partial charge in [-0.1, -0.05) is 6.92 Å². The van der Waals surface area contributed by atoms with Crippen LogP contribution in [0.25, 0.3) is 0 Å². The number of rotatable bonds is 5. The molecule has 0 aromatic heterocycles. The summed E-state index contributed by atoms with van der Waals surface area (Å²) in [4.78, 5) is 11.6. The van der Waals surface area contributed by atoms with E-state index in [0.29, 0.717) is 25.9 Å². The molecule has 0 aliphatic heterocycles. The summed E-state index contributed by atoms with van der Waals surface area (Å²) in [6.45, 7) is 4.02. The maximum absolute atomic E-state index is 11.6. The van der Waals surface area contributed by atoms with Crippen molar-refractivity contribution in [2.24, 2.45) is 5.92 Å². The number of hydrogen-bond donors (Lipinski definition) is 1. The van der Waals surface area contributed by atoms with Crippen LogP contribution in [0.5, 0.6) is 0 Å². The molecular formula is C11H20O4. The number of carbonyl (C=O) groups excluding carboxylic acids is 1. The topological polar surface area (TPSA) is 55.8 Å². The Morgan fingerprint density at radius 2 is 2.13 bits per heavy atom. The highest BCUT2D eigenvalue weighted by Gasteiger charge is 2.51. The SMILES string of the molecule is CCOC(=O)C(CC)C1(O)CC(OC)C1. The van der Waals surface area contributed by atoms with Gasteiger partial charge in [0, 0.05) is 20.0 Å². The van der Waals surface area contributed by atoms with Crippen LogP contribution in [0.15, 0.2) is 0 Å². The Balaban J connectivity index is 2.56. The van der Waals surface area contributed by atoms with Crippen LogP contribution in [0.4, 0.5) is 0 Å². The van der Waals surface area contributed by atoms with E-state index < -0.39 is 11.5 Å². The van der Waals surface area contributed by atoms with Crippen LogP contribution < -0.4 is 0 Å². The Bertz CT molecular complexity index is 221. The van der Waals surface area contributed by atoms with Crippen molar-refractivity contribution in [3.8, 4) is 0 Å². The fourth-order valence-corrected chi connectivity index (χ4v) is 2.19. The molecule has 0 radical (unpaired) electrons. The highest BCUT2D eigenvalue weighted by atomic mass is 16.5. The zero-order chi connectivity index (χ0) is 11.5. The molecule has 0 heterocycles. The molecule has 0 bridgehead atoms. The number of ether oxygens (including phenoxy) is 2. The highest BCUT2D eigenvalue weighted by molar-refractivity contribution is 5.74. The highest BCUT2D eigenvalue weighted by Crippen LogP contribution is 2.41. The molecule has 15 heavy (non-hydrogen) atoms. The van der Waals surface area contributed by atoms with Gasteiger partial charge in [0.2, 0.25) is 0 Å². The monoisotopic (exact) mass is 216 g/mol. The lowest BCUT2D eigenvalue weighted by Crippen LogP contribution is -2.55. The maximum atomic E-state index is 11.6. The molecule has 0 spiro atoms. The molecule has 4 heteroatoms. The van der Waals surface area contributed by atoms with E-state index in [2.05, 4.69) is 0 Å². The summed E-state index contributed by atoms with van der Waals surface area (Å²) in [5, 5.41) is 10.2. The Labute approximate surface area is 90.6 Å². The zero-order valence-corrected chi connectivity index (χ0v) is 9.66. The van der Waals surface area contributed by atoms with Crippen LogP contribution in [-0.4, -0.2) is 36.5 Å². The van der Waals surface area contributed by atoms with Gasteiger partial charge in [0.25, 0.3) is 0 Å². The van der Waals surface area contributed by atoms with E-state index >= 15 is 0 Å². The van der Waals surface area contributed by atoms with E-state index in [9.17, 15) is 9.90 Å². The second-order valence-electron chi connectivity index (χ2n) is 4.08. The molecule has 0 amide bonds. The first kappa shape index (κ1) is 12.5. The first-order valence-corrected chi connectivity index (χ1v) is 5.49. The Morgan fingerprint density at radius 1 is 1.53 bits per heavy atom. The minimum Gasteiger partial charge on any atom is -0.466 e. The van der Waals surface area contributed by atoms with Crippen molar-refractivity contribution in [3.05, 3.63) is 0 Å². The van der Waals surface area contributed by atoms with Crippen LogP contribution in [0, 0.1) is 5.92 Å². The number of hydrogen-bond acceptors (Lipinski definition) is 4. The number of methoxy groups -OCH3 is 1. The molecule has 0 saturated heterocycles. The second kappa shape index (κ2) is 4.94. The first-order valence-electron chi connectivity index (χ1n) is 5.49. The lowest BCUT2D eigenvalue weighted by atomic mass is 9.68. The molecule has 1 aliphatic carbocycles. The fourth-order valence-electron chi connectivity index (χ4n) is 2.19. The van der Waals surface area contributed by atoms with Gasteiger partial charge in [-0.15, -0.1) is 0 Å². The smallest absolute Gasteiger partial charge is 0.311 e. The average Bonchev–Trinajstić information content (AvgIpc) is 2.15. The third kappa shape index (κ3) is 2.49. The van der Waals surface area contributed by atoms with Crippen molar-refractivity contribution >= 4 is 5.97 Å². The molecule has 1 atom stereocenters. The Hall–Kier alpha value is -0.610. The van der Waals surface area contributed by atoms with Gasteiger partial charge in [-0.2, -0.15) is 0 Å². The maximum Gasteiger partial charge on any atom is 0.311 e. The molecule has 1 saturated carbocycles. The number of esters is 1. The van der Waals surface area contributed by atoms with Gasteiger partial charge in [0.15, 0.2) is 0 Å². The van der Waals surface area contributed by atoms with Gasteiger partial charge in [-0.25, -0.2) is 0 Å². The largest absolute Gasteiger partial charge is 0.466 e. The van der Waals surface area contributed by atoms with E-state index in [4.69, 9.17) is 9.47 Å². The Kier molecular flexibility index (Phi) is 4.11. The lowest BCUT2D eigenvalue weighted by molar-refractivity contribution is -0.185. The summed E-state index contributed by atoms with van der Waals surface area (Å²) in [7, 11) is 1.62. The lowest BCUT2D eigenvalue weighted by Gasteiger charge is -2.46. The van der Waals surface area contributed by atoms with E-state index in [1.807, 2.05) is 6.92 Å². The van der Waals surface area contributed by atoms with E-state index in [0.717, 1.165) is 0 Å². The first-order chi connectivity index (χ1) is 7.07. The van der Waals surface area contributed by atoms with Crippen LogP contribution in [-0.2, 0) is 14.3 Å². The van der Waals surface area contributed by atoms with E-state index in [1.165, 1.54) is 0 Å². The minimum absolute atomic E-state index is 0.0819. The average molecular weight is 216 g/mol. The number of carbonyl (C=O) groups is 1. The summed E-state index contributed by atoms with van der Waals surface area (Å²) in [6.07, 6.45) is 1.74. The van der Waals surface area contributed by atoms with Crippen molar-refractivity contribution in [2.45, 2.75) is 44.8 Å². The fraction of sp³-hybridized carbons (Fsp3) is 0.909. The molecule has 0 aromatic rings. The quantitative estimate of drug-likeness (QED) is 0.700. The summed E-state index contributed by atoms with van der Waals surface area (Å²) >= 11 is 0. The summed E-state index contributed by atoms with van der Waals surface area (Å²) in [5.41, 5.74) is -0.915. The van der Waals surface area contributed by atoms with Crippen LogP contribution in [0.2, 0.25) is 0 Å². The van der Waals surface area contributed by atoms with Gasteiger partial charge in [0.1, 0.15) is 0 Å². The van der Waals surface area contributed by atoms with E-state index in [1.54, 1.807) is 14.0 Å². The van der Waals surface area contributed by atoms with Crippen molar-refractivity contribution in [3.63, 3.8) is 0 Å². The van der Waals surface area contributed by atoms with Crippen molar-refractivity contribution in [1.29, 1.82) is 0 Å². The molecule has 0 aromatic carbocycles. The van der Waals surface area contributed by atoms with Crippen LogP contribution >= 0.6 is 0 Å². The van der Waals surface area contributed by atoms with Gasteiger partial charge in [-0.05, 0) is 13.3 Å². The second-order valence-corrected chi connectivity index (χ2v) is 4.08. The van der Waals surface area contributed by atoms with Crippen molar-refractivity contribution in [1.82, 2.24) is 0 Å². The summed E-state index contributed by atoms with van der Waals surface area (Å²) < 4.78 is 10.0. The number of aliphatic hydroxyl groups is 1. The normalized spacial score (nSPS) is 31.9. The summed E-state index contributed by atoms with van der Waals surface area (Å²) in [6, 6.07) is 0. The van der Waals surface area contributed by atoms with Crippen molar-refractivity contribution < 1.29 is 19.4 Å². The minimum atomic E-state index is -0.915. The third-order valence-corrected chi connectivity index (χ3v) is 3.12. The zero-order valence-electron chi connectivity index (χ0n) is 9.66. The standard InChI is InChI=1S/C11H20O4/c1-4-9(10(12)15-5-2)11(13)6-8(7-11)14-3/h8-9,13H,4-7H2,1-3H3. The molecule has 1 unspecified atom stereocenters. The van der Waals surface area contributed by atoms with Crippen LogP contribution in [0.1, 0.15) is 33.1 Å². The molecule has 1 fully saturated rings. The molecular weight excluding hydrogens is 196 g/mol. The van der Waals surface area contributed by atoms with Gasteiger partial charge < -0.3 is 14.6 Å². The predicted molar refractivity (Wildman–Crippen MR) is 55.4 cm³/mol. The molecule has 1 rings (SSSR count). The predicted octanol–water partition coefficient (Wildman–Crippen LogP) is 1.12. The third-order valence-electron chi connectivity index (χ3n) is 3.12. The van der Waals surface area contributed by atoms with Gasteiger partial charge >= 0.3 is 5.97 Å². The van der Waals surface area contributed by atoms with E-state index in [-0.39, 0.29) is 12.1 Å². The molecule has 88 valence electrons. The van der Waals surface area contributed by atoms with Gasteiger partial charge in [-0.3, -0.25) is 4.79 Å². The Morgan fingerprint density at radius 3 is 2.53 bits per heavy atom. The van der Waals surface area contributed by atoms with Crippen LogP contribution in [0.3, 0.4) is 0 Å². The summed E-state index contributed by atoms with van der Waals surface area (Å²) in [5.74, 6) is -0.707.